The maximum Gasteiger partial charge on any atom is 0.306 e. The molecule has 0 aliphatic heterocycles. The lowest BCUT2D eigenvalue weighted by Crippen LogP contribution is -2.10. The van der Waals surface area contributed by atoms with Gasteiger partial charge in [0.1, 0.15) is 6.10 Å². The minimum Gasteiger partial charge on any atom is -0.458 e. The van der Waals surface area contributed by atoms with E-state index in [0.29, 0.717) is 6.42 Å². The van der Waals surface area contributed by atoms with Crippen molar-refractivity contribution in [2.24, 2.45) is 0 Å². The van der Waals surface area contributed by atoms with E-state index in [1.54, 1.807) is 19.9 Å². The van der Waals surface area contributed by atoms with Gasteiger partial charge in [-0.25, -0.2) is 0 Å². The Bertz CT molecular complexity index is 107. The van der Waals surface area contributed by atoms with Crippen molar-refractivity contribution in [2.75, 3.05) is 0 Å². The molecule has 1 atom stereocenters. The van der Waals surface area contributed by atoms with Crippen molar-refractivity contribution >= 4 is 5.97 Å². The molecule has 0 saturated carbocycles. The van der Waals surface area contributed by atoms with Gasteiger partial charge in [-0.2, -0.15) is 0 Å². The Balaban J connectivity index is 3.46. The Kier molecular flexibility index (Phi) is 3.76. The highest BCUT2D eigenvalue weighted by Crippen LogP contribution is 1.93. The molecule has 2 heteroatoms. The Labute approximate surface area is 55.5 Å². The third-order valence-corrected chi connectivity index (χ3v) is 0.938. The smallest absolute Gasteiger partial charge is 0.306 e. The van der Waals surface area contributed by atoms with Crippen molar-refractivity contribution in [1.82, 2.24) is 0 Å². The second kappa shape index (κ2) is 4.13. The Morgan fingerprint density at radius 2 is 2.44 bits per heavy atom. The summed E-state index contributed by atoms with van der Waals surface area (Å²) in [5.74, 6) is -0.178. The fourth-order valence-corrected chi connectivity index (χ4v) is 0.339. The van der Waals surface area contributed by atoms with Crippen LogP contribution < -0.4 is 0 Å². The molecule has 0 amide bonds. The molecular formula is C7H12O2. The Morgan fingerprint density at radius 1 is 1.89 bits per heavy atom. The normalized spacial score (nSPS) is 12.2. The molecule has 2 nitrogen and oxygen atoms in total. The summed E-state index contributed by atoms with van der Waals surface area (Å²) in [7, 11) is 0. The van der Waals surface area contributed by atoms with E-state index in [0.717, 1.165) is 0 Å². The van der Waals surface area contributed by atoms with E-state index in [9.17, 15) is 4.79 Å². The van der Waals surface area contributed by atoms with Crippen LogP contribution in [0.2, 0.25) is 0 Å². The van der Waals surface area contributed by atoms with E-state index in [2.05, 4.69) is 6.58 Å². The van der Waals surface area contributed by atoms with Gasteiger partial charge >= 0.3 is 5.97 Å². The lowest BCUT2D eigenvalue weighted by atomic mass is 10.4. The predicted octanol–water partition coefficient (Wildman–Crippen LogP) is 1.51. The highest BCUT2D eigenvalue weighted by atomic mass is 16.5. The van der Waals surface area contributed by atoms with Crippen molar-refractivity contribution in [2.45, 2.75) is 26.4 Å². The lowest BCUT2D eigenvalue weighted by Gasteiger charge is -2.05. The number of carbonyl (C=O) groups excluding carboxylic acids is 1. The lowest BCUT2D eigenvalue weighted by molar-refractivity contribution is -0.145. The third-order valence-electron chi connectivity index (χ3n) is 0.938. The van der Waals surface area contributed by atoms with Gasteiger partial charge in [0.05, 0.1) is 0 Å². The summed E-state index contributed by atoms with van der Waals surface area (Å²) in [5, 5.41) is 0. The van der Waals surface area contributed by atoms with Crippen LogP contribution in [0.4, 0.5) is 0 Å². The number of carbonyl (C=O) groups is 1. The number of ether oxygens (including phenoxy) is 1. The molecule has 0 unspecified atom stereocenters. The first-order valence-corrected chi connectivity index (χ1v) is 3.02. The fourth-order valence-electron chi connectivity index (χ4n) is 0.339. The zero-order chi connectivity index (χ0) is 7.28. The summed E-state index contributed by atoms with van der Waals surface area (Å²) in [6.07, 6.45) is 1.86. The van der Waals surface area contributed by atoms with Crippen molar-refractivity contribution in [3.63, 3.8) is 0 Å². The quantitative estimate of drug-likeness (QED) is 0.425. The minimum atomic E-state index is -0.178. The molecule has 0 rings (SSSR count). The average Bonchev–Trinajstić information content (AvgIpc) is 1.87. The predicted molar refractivity (Wildman–Crippen MR) is 36.0 cm³/mol. The fraction of sp³-hybridized carbons (Fsp3) is 0.571. The van der Waals surface area contributed by atoms with Gasteiger partial charge < -0.3 is 4.74 Å². The number of hydrogen-bond acceptors (Lipinski definition) is 2. The van der Waals surface area contributed by atoms with Crippen molar-refractivity contribution in [3.05, 3.63) is 12.7 Å². The zero-order valence-corrected chi connectivity index (χ0v) is 5.89. The highest BCUT2D eigenvalue weighted by Gasteiger charge is 2.00. The Hall–Kier alpha value is -0.790. The van der Waals surface area contributed by atoms with Crippen LogP contribution in [0.1, 0.15) is 20.3 Å². The van der Waals surface area contributed by atoms with E-state index in [-0.39, 0.29) is 12.1 Å². The van der Waals surface area contributed by atoms with E-state index in [1.807, 2.05) is 0 Å². The summed E-state index contributed by atoms with van der Waals surface area (Å²) in [6, 6.07) is 0. The topological polar surface area (TPSA) is 26.3 Å². The SMILES string of the molecule is C=C[C@H](C)OC(=O)CC. The van der Waals surface area contributed by atoms with Gasteiger partial charge in [-0.15, -0.1) is 0 Å². The van der Waals surface area contributed by atoms with Gasteiger partial charge in [0, 0.05) is 6.42 Å². The molecule has 0 radical (unpaired) electrons. The largest absolute Gasteiger partial charge is 0.458 e. The maximum absolute atomic E-state index is 10.5. The second-order valence-corrected chi connectivity index (χ2v) is 1.78. The number of hydrogen-bond donors (Lipinski definition) is 0. The summed E-state index contributed by atoms with van der Waals surface area (Å²) in [5.41, 5.74) is 0. The van der Waals surface area contributed by atoms with Gasteiger partial charge in [0.25, 0.3) is 0 Å². The molecular weight excluding hydrogens is 116 g/mol. The number of rotatable bonds is 3. The van der Waals surface area contributed by atoms with Gasteiger partial charge in [-0.05, 0) is 6.92 Å². The molecule has 0 N–H and O–H groups in total. The molecule has 0 aliphatic carbocycles. The molecule has 0 bridgehead atoms. The van der Waals surface area contributed by atoms with Crippen LogP contribution in [0.15, 0.2) is 12.7 Å². The monoisotopic (exact) mass is 128 g/mol. The maximum atomic E-state index is 10.5. The highest BCUT2D eigenvalue weighted by molar-refractivity contribution is 5.69. The van der Waals surface area contributed by atoms with E-state index >= 15 is 0 Å². The molecule has 0 aromatic carbocycles. The van der Waals surface area contributed by atoms with Crippen LogP contribution in [0, 0.1) is 0 Å². The van der Waals surface area contributed by atoms with Gasteiger partial charge in [0.15, 0.2) is 0 Å². The zero-order valence-electron chi connectivity index (χ0n) is 5.89. The molecule has 9 heavy (non-hydrogen) atoms. The van der Waals surface area contributed by atoms with Crippen LogP contribution in [-0.2, 0) is 9.53 Å². The number of esters is 1. The van der Waals surface area contributed by atoms with E-state index in [1.165, 1.54) is 0 Å². The van der Waals surface area contributed by atoms with Crippen LogP contribution >= 0.6 is 0 Å². The first-order valence-electron chi connectivity index (χ1n) is 3.02. The molecule has 0 aromatic heterocycles. The van der Waals surface area contributed by atoms with Gasteiger partial charge in [-0.1, -0.05) is 19.6 Å². The Morgan fingerprint density at radius 3 is 2.78 bits per heavy atom. The molecule has 0 aromatic rings. The van der Waals surface area contributed by atoms with E-state index in [4.69, 9.17) is 4.74 Å². The summed E-state index contributed by atoms with van der Waals surface area (Å²) in [6.45, 7) is 7.01. The molecule has 0 heterocycles. The molecule has 0 saturated heterocycles. The average molecular weight is 128 g/mol. The summed E-state index contributed by atoms with van der Waals surface area (Å²) >= 11 is 0. The standard InChI is InChI=1S/C7H12O2/c1-4-6(3)9-7(8)5-2/h4,6H,1,5H2,2-3H3/t6-/m0/s1. The first-order chi connectivity index (χ1) is 4.20. The van der Waals surface area contributed by atoms with Crippen LogP contribution in [0.5, 0.6) is 0 Å². The molecule has 0 spiro atoms. The van der Waals surface area contributed by atoms with Crippen LogP contribution in [0.25, 0.3) is 0 Å². The van der Waals surface area contributed by atoms with Crippen molar-refractivity contribution < 1.29 is 9.53 Å². The molecule has 52 valence electrons. The van der Waals surface area contributed by atoms with Crippen LogP contribution in [0.3, 0.4) is 0 Å². The summed E-state index contributed by atoms with van der Waals surface area (Å²) < 4.78 is 4.79. The molecule has 0 fully saturated rings. The van der Waals surface area contributed by atoms with E-state index < -0.39 is 0 Å². The van der Waals surface area contributed by atoms with Crippen LogP contribution in [-0.4, -0.2) is 12.1 Å². The minimum absolute atomic E-state index is 0.155. The second-order valence-electron chi connectivity index (χ2n) is 1.78. The van der Waals surface area contributed by atoms with Gasteiger partial charge in [-0.3, -0.25) is 4.79 Å². The third kappa shape index (κ3) is 3.76. The summed E-state index contributed by atoms with van der Waals surface area (Å²) in [4.78, 5) is 10.5. The molecule has 0 aliphatic rings. The van der Waals surface area contributed by atoms with Gasteiger partial charge in [0.2, 0.25) is 0 Å². The van der Waals surface area contributed by atoms with Crippen molar-refractivity contribution in [3.8, 4) is 0 Å². The first kappa shape index (κ1) is 8.21. The van der Waals surface area contributed by atoms with Crippen molar-refractivity contribution in [1.29, 1.82) is 0 Å².